The maximum atomic E-state index is 13.3. The van der Waals surface area contributed by atoms with E-state index in [2.05, 4.69) is 11.8 Å². The molecule has 4 nitrogen and oxygen atoms in total. The van der Waals surface area contributed by atoms with Crippen molar-refractivity contribution >= 4 is 11.6 Å². The van der Waals surface area contributed by atoms with E-state index >= 15 is 0 Å². The van der Waals surface area contributed by atoms with E-state index < -0.39 is 5.82 Å². The standard InChI is InChI=1S/C13H18FN3O/c1-9-8-17(6-5-16(9)2)13(18)10-3-4-12(15)11(14)7-10/h3-4,7,9H,5-6,8,15H2,1-2H3. The molecular weight excluding hydrogens is 233 g/mol. The Labute approximate surface area is 106 Å². The number of halogens is 1. The Morgan fingerprint density at radius 1 is 1.44 bits per heavy atom. The molecule has 1 aliphatic heterocycles. The molecular formula is C13H18FN3O. The summed E-state index contributed by atoms with van der Waals surface area (Å²) in [7, 11) is 2.04. The first-order valence-corrected chi connectivity index (χ1v) is 6.03. The van der Waals surface area contributed by atoms with Crippen LogP contribution in [0.2, 0.25) is 0 Å². The number of benzene rings is 1. The van der Waals surface area contributed by atoms with Gasteiger partial charge in [0.1, 0.15) is 5.82 Å². The van der Waals surface area contributed by atoms with E-state index in [9.17, 15) is 9.18 Å². The number of likely N-dealkylation sites (N-methyl/N-ethyl adjacent to an activating group) is 1. The zero-order valence-corrected chi connectivity index (χ0v) is 10.7. The summed E-state index contributed by atoms with van der Waals surface area (Å²) in [4.78, 5) is 16.2. The van der Waals surface area contributed by atoms with Crippen LogP contribution in [0.4, 0.5) is 10.1 Å². The summed E-state index contributed by atoms with van der Waals surface area (Å²) in [6.45, 7) is 4.25. The Hall–Kier alpha value is -1.62. The van der Waals surface area contributed by atoms with Crippen LogP contribution >= 0.6 is 0 Å². The van der Waals surface area contributed by atoms with E-state index in [1.807, 2.05) is 7.05 Å². The van der Waals surface area contributed by atoms with Gasteiger partial charge in [-0.1, -0.05) is 0 Å². The average molecular weight is 251 g/mol. The number of nitrogens with two attached hydrogens (primary N) is 1. The topological polar surface area (TPSA) is 49.6 Å². The van der Waals surface area contributed by atoms with Crippen LogP contribution in [-0.2, 0) is 0 Å². The molecule has 1 fully saturated rings. The fourth-order valence-corrected chi connectivity index (χ4v) is 2.08. The molecule has 0 saturated carbocycles. The van der Waals surface area contributed by atoms with Gasteiger partial charge in [0, 0.05) is 31.2 Å². The molecule has 1 aromatic carbocycles. The van der Waals surface area contributed by atoms with Crippen molar-refractivity contribution in [3.8, 4) is 0 Å². The highest BCUT2D eigenvalue weighted by atomic mass is 19.1. The Bertz CT molecular complexity index is 464. The van der Waals surface area contributed by atoms with Crippen molar-refractivity contribution in [2.24, 2.45) is 0 Å². The number of rotatable bonds is 1. The number of nitrogen functional groups attached to an aromatic ring is 1. The normalized spacial score (nSPS) is 21.1. The minimum absolute atomic E-state index is 0.0679. The smallest absolute Gasteiger partial charge is 0.254 e. The van der Waals surface area contributed by atoms with Gasteiger partial charge >= 0.3 is 0 Å². The van der Waals surface area contributed by atoms with E-state index in [0.717, 1.165) is 6.54 Å². The summed E-state index contributed by atoms with van der Waals surface area (Å²) >= 11 is 0. The van der Waals surface area contributed by atoms with Crippen molar-refractivity contribution in [3.05, 3.63) is 29.6 Å². The molecule has 0 aliphatic carbocycles. The van der Waals surface area contributed by atoms with Crippen molar-refractivity contribution in [2.45, 2.75) is 13.0 Å². The van der Waals surface area contributed by atoms with Gasteiger partial charge in [-0.25, -0.2) is 4.39 Å². The fraction of sp³-hybridized carbons (Fsp3) is 0.462. The number of hydrogen-bond donors (Lipinski definition) is 1. The molecule has 2 rings (SSSR count). The molecule has 1 unspecified atom stereocenters. The Balaban J connectivity index is 2.14. The van der Waals surface area contributed by atoms with Crippen LogP contribution in [0.5, 0.6) is 0 Å². The largest absolute Gasteiger partial charge is 0.396 e. The third-order valence-electron chi connectivity index (χ3n) is 3.49. The highest BCUT2D eigenvalue weighted by Gasteiger charge is 2.25. The predicted octanol–water partition coefficient (Wildman–Crippen LogP) is 1.18. The number of hydrogen-bond acceptors (Lipinski definition) is 3. The lowest BCUT2D eigenvalue weighted by molar-refractivity contribution is 0.0572. The second-order valence-electron chi connectivity index (χ2n) is 4.82. The van der Waals surface area contributed by atoms with Gasteiger partial charge < -0.3 is 15.5 Å². The van der Waals surface area contributed by atoms with Gasteiger partial charge in [0.25, 0.3) is 5.91 Å². The Morgan fingerprint density at radius 3 is 2.78 bits per heavy atom. The molecule has 0 spiro atoms. The first-order chi connectivity index (χ1) is 8.49. The van der Waals surface area contributed by atoms with E-state index in [0.29, 0.717) is 24.7 Å². The van der Waals surface area contributed by atoms with Crippen molar-refractivity contribution in [3.63, 3.8) is 0 Å². The molecule has 18 heavy (non-hydrogen) atoms. The van der Waals surface area contributed by atoms with Crippen LogP contribution < -0.4 is 5.73 Å². The molecule has 1 atom stereocenters. The van der Waals surface area contributed by atoms with Gasteiger partial charge in [0.2, 0.25) is 0 Å². The van der Waals surface area contributed by atoms with Gasteiger partial charge in [0.15, 0.2) is 0 Å². The third kappa shape index (κ3) is 2.46. The van der Waals surface area contributed by atoms with Crippen molar-refractivity contribution in [2.75, 3.05) is 32.4 Å². The Kier molecular flexibility index (Phi) is 3.52. The highest BCUT2D eigenvalue weighted by Crippen LogP contribution is 2.16. The summed E-state index contributed by atoms with van der Waals surface area (Å²) in [6.07, 6.45) is 0. The van der Waals surface area contributed by atoms with Crippen LogP contribution in [0.25, 0.3) is 0 Å². The number of anilines is 1. The maximum absolute atomic E-state index is 13.3. The monoisotopic (exact) mass is 251 g/mol. The third-order valence-corrected chi connectivity index (χ3v) is 3.49. The summed E-state index contributed by atoms with van der Waals surface area (Å²) in [5.74, 6) is -0.670. The van der Waals surface area contributed by atoms with Crippen molar-refractivity contribution in [1.29, 1.82) is 0 Å². The zero-order valence-electron chi connectivity index (χ0n) is 10.7. The van der Waals surface area contributed by atoms with Gasteiger partial charge in [-0.15, -0.1) is 0 Å². The van der Waals surface area contributed by atoms with Crippen LogP contribution in [-0.4, -0.2) is 48.4 Å². The maximum Gasteiger partial charge on any atom is 0.254 e. The second kappa shape index (κ2) is 4.94. The predicted molar refractivity (Wildman–Crippen MR) is 68.8 cm³/mol. The Morgan fingerprint density at radius 2 is 2.17 bits per heavy atom. The van der Waals surface area contributed by atoms with E-state index in [-0.39, 0.29) is 11.6 Å². The molecule has 1 amide bonds. The number of carbonyl (C=O) groups is 1. The molecule has 0 radical (unpaired) electrons. The van der Waals surface area contributed by atoms with E-state index in [4.69, 9.17) is 5.73 Å². The summed E-state index contributed by atoms with van der Waals surface area (Å²) in [5.41, 5.74) is 5.83. The lowest BCUT2D eigenvalue weighted by atomic mass is 10.1. The quantitative estimate of drug-likeness (QED) is 0.763. The molecule has 5 heteroatoms. The minimum atomic E-state index is -0.539. The summed E-state index contributed by atoms with van der Waals surface area (Å²) in [5, 5.41) is 0. The van der Waals surface area contributed by atoms with Gasteiger partial charge in [-0.2, -0.15) is 0 Å². The molecule has 1 saturated heterocycles. The SMILES string of the molecule is CC1CN(C(=O)c2ccc(N)c(F)c2)CCN1C. The number of carbonyl (C=O) groups excluding carboxylic acids is 1. The lowest BCUT2D eigenvalue weighted by Crippen LogP contribution is -2.52. The first-order valence-electron chi connectivity index (χ1n) is 6.03. The fourth-order valence-electron chi connectivity index (χ4n) is 2.08. The molecule has 98 valence electrons. The van der Waals surface area contributed by atoms with E-state index in [1.54, 1.807) is 11.0 Å². The molecule has 0 aromatic heterocycles. The van der Waals surface area contributed by atoms with Crippen molar-refractivity contribution in [1.82, 2.24) is 9.80 Å². The number of amides is 1. The molecule has 1 heterocycles. The average Bonchev–Trinajstić information content (AvgIpc) is 2.35. The van der Waals surface area contributed by atoms with Crippen LogP contribution in [0, 0.1) is 5.82 Å². The number of piperazine rings is 1. The van der Waals surface area contributed by atoms with Crippen LogP contribution in [0.3, 0.4) is 0 Å². The second-order valence-corrected chi connectivity index (χ2v) is 4.82. The van der Waals surface area contributed by atoms with Crippen LogP contribution in [0.15, 0.2) is 18.2 Å². The van der Waals surface area contributed by atoms with Gasteiger partial charge in [-0.3, -0.25) is 4.79 Å². The highest BCUT2D eigenvalue weighted by molar-refractivity contribution is 5.94. The number of nitrogens with zero attached hydrogens (tertiary/aromatic N) is 2. The van der Waals surface area contributed by atoms with Gasteiger partial charge in [0.05, 0.1) is 5.69 Å². The molecule has 2 N–H and O–H groups in total. The van der Waals surface area contributed by atoms with Gasteiger partial charge in [-0.05, 0) is 32.2 Å². The molecule has 1 aromatic rings. The molecule has 1 aliphatic rings. The van der Waals surface area contributed by atoms with E-state index in [1.165, 1.54) is 12.1 Å². The molecule has 0 bridgehead atoms. The first kappa shape index (κ1) is 12.8. The van der Waals surface area contributed by atoms with Crippen LogP contribution in [0.1, 0.15) is 17.3 Å². The summed E-state index contributed by atoms with van der Waals surface area (Å²) < 4.78 is 13.3. The minimum Gasteiger partial charge on any atom is -0.396 e. The summed E-state index contributed by atoms with van der Waals surface area (Å²) in [6, 6.07) is 4.54. The lowest BCUT2D eigenvalue weighted by Gasteiger charge is -2.37. The van der Waals surface area contributed by atoms with Crippen molar-refractivity contribution < 1.29 is 9.18 Å². The zero-order chi connectivity index (χ0) is 13.3.